The van der Waals surface area contributed by atoms with Crippen LogP contribution in [0.25, 0.3) is 32.5 Å². The number of nitrogens with one attached hydrogen (secondary N) is 2. The molecule has 166 valence electrons. The minimum Gasteiger partial charge on any atom is -0.348 e. The van der Waals surface area contributed by atoms with Gasteiger partial charge in [0.2, 0.25) is 11.8 Å². The molecule has 1 aromatic carbocycles. The molecular formula is C21H21FN6O2S2. The van der Waals surface area contributed by atoms with Crippen molar-refractivity contribution in [3.05, 3.63) is 29.7 Å². The van der Waals surface area contributed by atoms with Gasteiger partial charge in [0.05, 0.1) is 28.1 Å². The van der Waals surface area contributed by atoms with Crippen LogP contribution >= 0.6 is 23.1 Å². The molecule has 0 aliphatic carbocycles. The number of aromatic amines is 1. The van der Waals surface area contributed by atoms with Gasteiger partial charge in [0.25, 0.3) is 0 Å². The fraction of sp³-hybridized carbons (Fsp3) is 0.286. The van der Waals surface area contributed by atoms with Crippen molar-refractivity contribution in [2.75, 3.05) is 25.2 Å². The Morgan fingerprint density at radius 1 is 1.28 bits per heavy atom. The van der Waals surface area contributed by atoms with E-state index in [9.17, 15) is 9.59 Å². The molecule has 2 amide bonds. The minimum atomic E-state index is -0.374. The van der Waals surface area contributed by atoms with Gasteiger partial charge in [-0.2, -0.15) is 5.10 Å². The van der Waals surface area contributed by atoms with Crippen molar-refractivity contribution < 1.29 is 14.0 Å². The number of thioether (sulfide) groups is 1. The highest BCUT2D eigenvalue weighted by molar-refractivity contribution is 8.00. The quantitative estimate of drug-likeness (QED) is 0.410. The van der Waals surface area contributed by atoms with Crippen molar-refractivity contribution in [3.8, 4) is 11.3 Å². The number of amides is 2. The summed E-state index contributed by atoms with van der Waals surface area (Å²) >= 11 is 2.42. The van der Waals surface area contributed by atoms with Crippen LogP contribution in [0.5, 0.6) is 0 Å². The number of thiazole rings is 1. The van der Waals surface area contributed by atoms with Gasteiger partial charge in [-0.25, -0.2) is 14.4 Å². The van der Waals surface area contributed by atoms with E-state index in [0.29, 0.717) is 49.1 Å². The zero-order valence-corrected chi connectivity index (χ0v) is 19.6. The van der Waals surface area contributed by atoms with Gasteiger partial charge >= 0.3 is 0 Å². The molecule has 3 heterocycles. The predicted molar refractivity (Wildman–Crippen MR) is 126 cm³/mol. The molecule has 0 spiro atoms. The van der Waals surface area contributed by atoms with E-state index in [1.54, 1.807) is 32.4 Å². The van der Waals surface area contributed by atoms with Crippen LogP contribution in [0.2, 0.25) is 0 Å². The molecule has 3 aromatic heterocycles. The summed E-state index contributed by atoms with van der Waals surface area (Å²) in [5.41, 5.74) is 2.96. The summed E-state index contributed by atoms with van der Waals surface area (Å²) in [7, 11) is 3.34. The number of aromatic nitrogens is 4. The molecule has 4 aromatic rings. The van der Waals surface area contributed by atoms with Crippen LogP contribution in [0.15, 0.2) is 23.2 Å². The number of halogens is 1. The number of anilines is 1. The number of nitrogens with zero attached hydrogens (tertiary/aromatic N) is 4. The van der Waals surface area contributed by atoms with Crippen LogP contribution in [0, 0.1) is 5.82 Å². The van der Waals surface area contributed by atoms with Crippen LogP contribution in [0.1, 0.15) is 19.4 Å². The van der Waals surface area contributed by atoms with Crippen molar-refractivity contribution in [3.63, 3.8) is 0 Å². The Labute approximate surface area is 191 Å². The first kappa shape index (κ1) is 22.2. The normalized spacial score (nSPS) is 11.3. The predicted octanol–water partition coefficient (Wildman–Crippen LogP) is 4.07. The molecule has 0 bridgehead atoms. The van der Waals surface area contributed by atoms with Crippen LogP contribution in [0.4, 0.5) is 9.52 Å². The highest BCUT2D eigenvalue weighted by atomic mass is 32.2. The molecular weight excluding hydrogens is 451 g/mol. The Morgan fingerprint density at radius 2 is 2.06 bits per heavy atom. The summed E-state index contributed by atoms with van der Waals surface area (Å²) < 4.78 is 15.7. The third-order valence-electron chi connectivity index (χ3n) is 4.89. The van der Waals surface area contributed by atoms with Gasteiger partial charge in [-0.3, -0.25) is 14.7 Å². The number of H-pyrrole nitrogens is 1. The molecule has 8 nitrogen and oxygen atoms in total. The third kappa shape index (κ3) is 4.05. The van der Waals surface area contributed by atoms with Crippen LogP contribution in [0.3, 0.4) is 0 Å². The lowest BCUT2D eigenvalue weighted by molar-refractivity contribution is -0.125. The van der Waals surface area contributed by atoms with E-state index >= 15 is 4.39 Å². The highest BCUT2D eigenvalue weighted by Gasteiger charge is 2.23. The maximum absolute atomic E-state index is 15.7. The van der Waals surface area contributed by atoms with Crippen molar-refractivity contribution in [1.82, 2.24) is 25.1 Å². The molecule has 0 radical (unpaired) electrons. The summed E-state index contributed by atoms with van der Waals surface area (Å²) in [5, 5.41) is 10.9. The first-order valence-corrected chi connectivity index (χ1v) is 11.7. The summed E-state index contributed by atoms with van der Waals surface area (Å²) in [6.07, 6.45) is 2.10. The maximum atomic E-state index is 15.7. The molecule has 4 rings (SSSR count). The number of fused-ring (bicyclic) bond motifs is 2. The second-order valence-electron chi connectivity index (χ2n) is 7.31. The Balaban J connectivity index is 1.84. The Hall–Kier alpha value is -3.05. The standard InChI is InChI=1S/C21H21FN6O2S2/c1-5-11-16(13-6-7-14-20(25-13)32-21(26-14)24-10(2)29)12-8-23-27-18(12)19(17(11)22)31-9-15(30)28(3)4/h6-8H,5,9H2,1-4H3,(H,23,27)(H,24,26,29). The molecule has 0 unspecified atom stereocenters. The maximum Gasteiger partial charge on any atom is 0.232 e. The van der Waals surface area contributed by atoms with Gasteiger partial charge in [-0.1, -0.05) is 18.3 Å². The monoisotopic (exact) mass is 472 g/mol. The van der Waals surface area contributed by atoms with E-state index in [0.717, 1.165) is 17.1 Å². The first-order valence-electron chi connectivity index (χ1n) is 9.86. The number of carbonyl (C=O) groups is 2. The fourth-order valence-corrected chi connectivity index (χ4v) is 5.31. The molecule has 11 heteroatoms. The minimum absolute atomic E-state index is 0.100. The van der Waals surface area contributed by atoms with Crippen LogP contribution < -0.4 is 5.32 Å². The average Bonchev–Trinajstić information content (AvgIpc) is 3.37. The topological polar surface area (TPSA) is 104 Å². The Morgan fingerprint density at radius 3 is 2.75 bits per heavy atom. The molecule has 0 fully saturated rings. The largest absolute Gasteiger partial charge is 0.348 e. The third-order valence-corrected chi connectivity index (χ3v) is 6.83. The average molecular weight is 473 g/mol. The van der Waals surface area contributed by atoms with E-state index in [1.807, 2.05) is 6.92 Å². The number of hydrogen-bond acceptors (Lipinski definition) is 7. The molecule has 0 aliphatic heterocycles. The Bertz CT molecular complexity index is 1350. The van der Waals surface area contributed by atoms with E-state index in [2.05, 4.69) is 20.5 Å². The lowest BCUT2D eigenvalue weighted by Crippen LogP contribution is -2.23. The zero-order valence-electron chi connectivity index (χ0n) is 17.9. The van der Waals surface area contributed by atoms with Crippen LogP contribution in [-0.2, 0) is 16.0 Å². The summed E-state index contributed by atoms with van der Waals surface area (Å²) in [4.78, 5) is 35.0. The van der Waals surface area contributed by atoms with Gasteiger partial charge in [-0.05, 0) is 24.1 Å². The molecule has 2 N–H and O–H groups in total. The smallest absolute Gasteiger partial charge is 0.232 e. The molecule has 0 atom stereocenters. The number of carbonyl (C=O) groups excluding carboxylic acids is 2. The summed E-state index contributed by atoms with van der Waals surface area (Å²) in [5.74, 6) is -0.560. The van der Waals surface area contributed by atoms with E-state index in [1.165, 1.54) is 23.2 Å². The zero-order chi connectivity index (χ0) is 23.0. The summed E-state index contributed by atoms with van der Waals surface area (Å²) in [6, 6.07) is 3.60. The van der Waals surface area contributed by atoms with Crippen LogP contribution in [-0.4, -0.2) is 56.7 Å². The SMILES string of the molecule is CCc1c(F)c(SCC(=O)N(C)C)c2[nH]ncc2c1-c1ccc2nc(NC(C)=O)sc2n1. The summed E-state index contributed by atoms with van der Waals surface area (Å²) in [6.45, 7) is 3.30. The van der Waals surface area contributed by atoms with Gasteiger partial charge in [0, 0.05) is 32.0 Å². The lowest BCUT2D eigenvalue weighted by atomic mass is 9.97. The molecule has 0 saturated carbocycles. The number of pyridine rings is 1. The molecule has 0 saturated heterocycles. The van der Waals surface area contributed by atoms with Crippen molar-refractivity contribution in [1.29, 1.82) is 0 Å². The van der Waals surface area contributed by atoms with Gasteiger partial charge in [0.15, 0.2) is 5.13 Å². The van der Waals surface area contributed by atoms with E-state index in [4.69, 9.17) is 4.98 Å². The number of benzene rings is 1. The van der Waals surface area contributed by atoms with Crippen molar-refractivity contribution in [2.45, 2.75) is 25.2 Å². The Kier molecular flexibility index (Phi) is 6.11. The number of hydrogen-bond donors (Lipinski definition) is 2. The van der Waals surface area contributed by atoms with Gasteiger partial charge < -0.3 is 10.2 Å². The van der Waals surface area contributed by atoms with E-state index < -0.39 is 0 Å². The highest BCUT2D eigenvalue weighted by Crippen LogP contribution is 2.40. The lowest BCUT2D eigenvalue weighted by Gasteiger charge is -2.15. The molecule has 0 aliphatic rings. The van der Waals surface area contributed by atoms with Crippen molar-refractivity contribution >= 4 is 61.3 Å². The second kappa shape index (κ2) is 8.83. The van der Waals surface area contributed by atoms with Crippen molar-refractivity contribution in [2.24, 2.45) is 0 Å². The van der Waals surface area contributed by atoms with Gasteiger partial charge in [0.1, 0.15) is 16.2 Å². The first-order chi connectivity index (χ1) is 15.3. The second-order valence-corrected chi connectivity index (χ2v) is 9.27. The fourth-order valence-electron chi connectivity index (χ4n) is 3.35. The number of rotatable bonds is 6. The van der Waals surface area contributed by atoms with Gasteiger partial charge in [-0.15, -0.1) is 11.8 Å². The molecule has 32 heavy (non-hydrogen) atoms. The van der Waals surface area contributed by atoms with E-state index in [-0.39, 0.29) is 23.4 Å².